The maximum absolute atomic E-state index is 11.7. The fourth-order valence-corrected chi connectivity index (χ4v) is 2.36. The topological polar surface area (TPSA) is 35.5 Å². The van der Waals surface area contributed by atoms with E-state index in [2.05, 4.69) is 19.1 Å². The van der Waals surface area contributed by atoms with Crippen LogP contribution < -0.4 is 4.74 Å². The third-order valence-electron chi connectivity index (χ3n) is 3.39. The normalized spacial score (nSPS) is 10.2. The summed E-state index contributed by atoms with van der Waals surface area (Å²) in [6.45, 7) is 4.61. The summed E-state index contributed by atoms with van der Waals surface area (Å²) in [5, 5.41) is 0. The summed E-state index contributed by atoms with van der Waals surface area (Å²) in [6.07, 6.45) is 0.945. The first-order valence-corrected chi connectivity index (χ1v) is 7.14. The fraction of sp³-hybridized carbons (Fsp3) is 0.278. The highest BCUT2D eigenvalue weighted by atomic mass is 16.5. The quantitative estimate of drug-likeness (QED) is 0.775. The molecule has 0 radical (unpaired) electrons. The zero-order valence-electron chi connectivity index (χ0n) is 12.7. The van der Waals surface area contributed by atoms with Gasteiger partial charge in [-0.2, -0.15) is 0 Å². The van der Waals surface area contributed by atoms with Crippen molar-refractivity contribution in [2.24, 2.45) is 0 Å². The average molecular weight is 284 g/mol. The summed E-state index contributed by atoms with van der Waals surface area (Å²) < 4.78 is 10.5. The van der Waals surface area contributed by atoms with E-state index in [9.17, 15) is 4.79 Å². The molecule has 0 N–H and O–H groups in total. The molecular formula is C18H20O3. The molecule has 2 rings (SSSR count). The number of aryl methyl sites for hydroxylation is 1. The van der Waals surface area contributed by atoms with E-state index in [-0.39, 0.29) is 5.97 Å². The molecule has 0 amide bonds. The van der Waals surface area contributed by atoms with E-state index in [1.807, 2.05) is 25.1 Å². The molecule has 0 saturated heterocycles. The van der Waals surface area contributed by atoms with Crippen LogP contribution in [-0.2, 0) is 11.2 Å². The molecule has 0 bridgehead atoms. The predicted octanol–water partition coefficient (Wildman–Crippen LogP) is 4.10. The first kappa shape index (κ1) is 15.1. The Morgan fingerprint density at radius 3 is 2.48 bits per heavy atom. The number of esters is 1. The van der Waals surface area contributed by atoms with Gasteiger partial charge in [-0.3, -0.25) is 0 Å². The maximum Gasteiger partial charge on any atom is 0.337 e. The number of benzene rings is 2. The van der Waals surface area contributed by atoms with Gasteiger partial charge in [0.05, 0.1) is 19.3 Å². The minimum Gasteiger partial charge on any atom is -0.493 e. The van der Waals surface area contributed by atoms with Gasteiger partial charge in [0.25, 0.3) is 0 Å². The van der Waals surface area contributed by atoms with Gasteiger partial charge >= 0.3 is 5.97 Å². The molecule has 2 aromatic carbocycles. The van der Waals surface area contributed by atoms with Gasteiger partial charge in [0.1, 0.15) is 5.75 Å². The first-order valence-electron chi connectivity index (χ1n) is 7.14. The van der Waals surface area contributed by atoms with Crippen molar-refractivity contribution in [3.8, 4) is 16.9 Å². The molecule has 0 heterocycles. The van der Waals surface area contributed by atoms with Crippen molar-refractivity contribution in [1.29, 1.82) is 0 Å². The monoisotopic (exact) mass is 284 g/mol. The van der Waals surface area contributed by atoms with Crippen LogP contribution in [0.2, 0.25) is 0 Å². The summed E-state index contributed by atoms with van der Waals surface area (Å²) in [4.78, 5) is 11.7. The molecule has 0 saturated carbocycles. The van der Waals surface area contributed by atoms with Gasteiger partial charge in [0.15, 0.2) is 0 Å². The molecular weight excluding hydrogens is 264 g/mol. The number of ether oxygens (including phenoxy) is 2. The summed E-state index contributed by atoms with van der Waals surface area (Å²) in [6, 6.07) is 13.7. The summed E-state index contributed by atoms with van der Waals surface area (Å²) in [5.74, 6) is 0.354. The second-order valence-electron chi connectivity index (χ2n) is 4.65. The molecule has 3 heteroatoms. The lowest BCUT2D eigenvalue weighted by molar-refractivity contribution is 0.0600. The van der Waals surface area contributed by atoms with Crippen LogP contribution in [0.1, 0.15) is 29.8 Å². The fourth-order valence-electron chi connectivity index (χ4n) is 2.36. The van der Waals surface area contributed by atoms with Crippen LogP contribution in [0.25, 0.3) is 11.1 Å². The summed E-state index contributed by atoms with van der Waals surface area (Å²) in [5.41, 5.74) is 3.89. The van der Waals surface area contributed by atoms with Crippen molar-refractivity contribution in [2.75, 3.05) is 13.7 Å². The first-order chi connectivity index (χ1) is 10.2. The molecule has 2 aromatic rings. The van der Waals surface area contributed by atoms with Crippen molar-refractivity contribution < 1.29 is 14.3 Å². The van der Waals surface area contributed by atoms with E-state index in [4.69, 9.17) is 9.47 Å². The molecule has 0 atom stereocenters. The Morgan fingerprint density at radius 2 is 1.81 bits per heavy atom. The van der Waals surface area contributed by atoms with Crippen LogP contribution in [0.5, 0.6) is 5.75 Å². The summed E-state index contributed by atoms with van der Waals surface area (Å²) >= 11 is 0. The van der Waals surface area contributed by atoms with Crippen molar-refractivity contribution in [2.45, 2.75) is 20.3 Å². The highest BCUT2D eigenvalue weighted by molar-refractivity contribution is 5.91. The van der Waals surface area contributed by atoms with Crippen LogP contribution in [-0.4, -0.2) is 19.7 Å². The van der Waals surface area contributed by atoms with Crippen LogP contribution in [0.4, 0.5) is 0 Å². The van der Waals surface area contributed by atoms with Crippen molar-refractivity contribution >= 4 is 5.97 Å². The molecule has 0 aliphatic rings. The lowest BCUT2D eigenvalue weighted by Gasteiger charge is -2.14. The van der Waals surface area contributed by atoms with Gasteiger partial charge in [0, 0.05) is 5.56 Å². The van der Waals surface area contributed by atoms with E-state index < -0.39 is 0 Å². The minimum atomic E-state index is -0.355. The van der Waals surface area contributed by atoms with Gasteiger partial charge in [-0.25, -0.2) is 4.79 Å². The molecule has 0 aliphatic carbocycles. The second kappa shape index (κ2) is 6.93. The lowest BCUT2D eigenvalue weighted by atomic mass is 9.96. The highest BCUT2D eigenvalue weighted by Crippen LogP contribution is 2.33. The molecule has 0 unspecified atom stereocenters. The standard InChI is InChI=1S/C18H20O3/c1-4-13-8-6-7-9-15(13)16-11-10-14(18(19)20-3)12-17(16)21-5-2/h6-12H,4-5H2,1-3H3. The maximum atomic E-state index is 11.7. The van der Waals surface area contributed by atoms with Gasteiger partial charge in [-0.05, 0) is 42.7 Å². The zero-order chi connectivity index (χ0) is 15.2. The predicted molar refractivity (Wildman–Crippen MR) is 83.8 cm³/mol. The Bertz CT molecular complexity index is 632. The third kappa shape index (κ3) is 3.24. The van der Waals surface area contributed by atoms with Crippen LogP contribution >= 0.6 is 0 Å². The Kier molecular flexibility index (Phi) is 4.99. The largest absolute Gasteiger partial charge is 0.493 e. The minimum absolute atomic E-state index is 0.355. The number of rotatable bonds is 5. The third-order valence-corrected chi connectivity index (χ3v) is 3.39. The van der Waals surface area contributed by atoms with Crippen LogP contribution in [0.15, 0.2) is 42.5 Å². The summed E-state index contributed by atoms with van der Waals surface area (Å²) in [7, 11) is 1.38. The zero-order valence-corrected chi connectivity index (χ0v) is 12.7. The van der Waals surface area contributed by atoms with E-state index in [1.54, 1.807) is 12.1 Å². The van der Waals surface area contributed by atoms with Crippen molar-refractivity contribution in [3.05, 3.63) is 53.6 Å². The van der Waals surface area contributed by atoms with Crippen LogP contribution in [0.3, 0.4) is 0 Å². The number of carbonyl (C=O) groups is 1. The van der Waals surface area contributed by atoms with Gasteiger partial charge in [-0.1, -0.05) is 31.2 Å². The molecule has 0 spiro atoms. The molecule has 110 valence electrons. The SMILES string of the molecule is CCOc1cc(C(=O)OC)ccc1-c1ccccc1CC. The smallest absolute Gasteiger partial charge is 0.337 e. The Labute approximate surface area is 125 Å². The Hall–Kier alpha value is -2.29. The van der Waals surface area contributed by atoms with Gasteiger partial charge in [0.2, 0.25) is 0 Å². The molecule has 0 aromatic heterocycles. The number of hydrogen-bond donors (Lipinski definition) is 0. The van der Waals surface area contributed by atoms with Crippen molar-refractivity contribution in [1.82, 2.24) is 0 Å². The van der Waals surface area contributed by atoms with Crippen LogP contribution in [0, 0.1) is 0 Å². The van der Waals surface area contributed by atoms with Gasteiger partial charge < -0.3 is 9.47 Å². The van der Waals surface area contributed by atoms with E-state index in [1.165, 1.54) is 12.7 Å². The highest BCUT2D eigenvalue weighted by Gasteiger charge is 2.13. The Morgan fingerprint density at radius 1 is 1.05 bits per heavy atom. The molecule has 3 nitrogen and oxygen atoms in total. The van der Waals surface area contributed by atoms with E-state index in [0.29, 0.717) is 17.9 Å². The van der Waals surface area contributed by atoms with E-state index >= 15 is 0 Å². The molecule has 21 heavy (non-hydrogen) atoms. The average Bonchev–Trinajstić information content (AvgIpc) is 2.54. The Balaban J connectivity index is 2.54. The number of methoxy groups -OCH3 is 1. The molecule has 0 aliphatic heterocycles. The number of carbonyl (C=O) groups excluding carboxylic acids is 1. The lowest BCUT2D eigenvalue weighted by Crippen LogP contribution is -2.03. The second-order valence-corrected chi connectivity index (χ2v) is 4.65. The number of hydrogen-bond acceptors (Lipinski definition) is 3. The molecule has 0 fully saturated rings. The van der Waals surface area contributed by atoms with E-state index in [0.717, 1.165) is 17.5 Å². The van der Waals surface area contributed by atoms with Crippen molar-refractivity contribution in [3.63, 3.8) is 0 Å². The van der Waals surface area contributed by atoms with Gasteiger partial charge in [-0.15, -0.1) is 0 Å².